The first-order valence-corrected chi connectivity index (χ1v) is 10.5. The standard InChI is InChI=1S/C22H31N5O2/c1-23-22(28)21-12-20(29-19-6-4-3-5-7-19)16-27(21)18-8-10-26(11-9-18)15-17-13-24-25(2)14-17/h3-7,13-14,18,20-21H,8-12,15-16H2,1-2H3,(H,23,28)/t20-,21-/m0/s1. The maximum atomic E-state index is 12.5. The minimum atomic E-state index is -0.108. The molecule has 7 heteroatoms. The zero-order chi connectivity index (χ0) is 20.2. The molecule has 2 aliphatic rings. The number of aryl methyl sites for hydroxylation is 1. The first-order valence-electron chi connectivity index (χ1n) is 10.5. The third kappa shape index (κ3) is 4.79. The van der Waals surface area contributed by atoms with Gasteiger partial charge in [-0.2, -0.15) is 5.10 Å². The van der Waals surface area contributed by atoms with Crippen molar-refractivity contribution in [2.24, 2.45) is 7.05 Å². The lowest BCUT2D eigenvalue weighted by molar-refractivity contribution is -0.126. The number of carbonyl (C=O) groups is 1. The monoisotopic (exact) mass is 397 g/mol. The summed E-state index contributed by atoms with van der Waals surface area (Å²) in [6.45, 7) is 3.83. The highest BCUT2D eigenvalue weighted by Crippen LogP contribution is 2.29. The number of carbonyl (C=O) groups excluding carboxylic acids is 1. The molecule has 0 saturated carbocycles. The maximum Gasteiger partial charge on any atom is 0.237 e. The third-order valence-electron chi connectivity index (χ3n) is 6.09. The molecule has 2 aliphatic heterocycles. The zero-order valence-electron chi connectivity index (χ0n) is 17.3. The fourth-order valence-corrected chi connectivity index (χ4v) is 4.65. The Morgan fingerprint density at radius 2 is 2.00 bits per heavy atom. The van der Waals surface area contributed by atoms with Crippen LogP contribution < -0.4 is 10.1 Å². The molecule has 0 unspecified atom stereocenters. The van der Waals surface area contributed by atoms with Crippen LogP contribution in [0.2, 0.25) is 0 Å². The molecular weight excluding hydrogens is 366 g/mol. The van der Waals surface area contributed by atoms with Crippen LogP contribution in [0.3, 0.4) is 0 Å². The zero-order valence-corrected chi connectivity index (χ0v) is 17.3. The smallest absolute Gasteiger partial charge is 0.237 e. The fraction of sp³-hybridized carbons (Fsp3) is 0.545. The van der Waals surface area contributed by atoms with E-state index in [1.807, 2.05) is 48.3 Å². The SMILES string of the molecule is CNC(=O)[C@@H]1C[C@H](Oc2ccccc2)CN1C1CCN(Cc2cnn(C)c2)CC1. The van der Waals surface area contributed by atoms with Gasteiger partial charge in [-0.3, -0.25) is 19.3 Å². The predicted molar refractivity (Wildman–Crippen MR) is 112 cm³/mol. The molecule has 2 saturated heterocycles. The number of ether oxygens (including phenoxy) is 1. The first-order chi connectivity index (χ1) is 14.1. The molecule has 2 fully saturated rings. The van der Waals surface area contributed by atoms with E-state index in [4.69, 9.17) is 4.74 Å². The fourth-order valence-electron chi connectivity index (χ4n) is 4.65. The van der Waals surface area contributed by atoms with E-state index in [0.717, 1.165) is 51.2 Å². The van der Waals surface area contributed by atoms with E-state index in [0.29, 0.717) is 6.04 Å². The van der Waals surface area contributed by atoms with E-state index in [-0.39, 0.29) is 18.1 Å². The van der Waals surface area contributed by atoms with Crippen molar-refractivity contribution in [3.05, 3.63) is 48.3 Å². The number of likely N-dealkylation sites (N-methyl/N-ethyl adjacent to an activating group) is 1. The minimum absolute atomic E-state index is 0.0492. The van der Waals surface area contributed by atoms with Crippen LogP contribution in [0.1, 0.15) is 24.8 Å². The Morgan fingerprint density at radius 3 is 2.66 bits per heavy atom. The van der Waals surface area contributed by atoms with Crippen molar-refractivity contribution in [3.8, 4) is 5.75 Å². The Balaban J connectivity index is 1.36. The van der Waals surface area contributed by atoms with Gasteiger partial charge in [0, 0.05) is 51.4 Å². The summed E-state index contributed by atoms with van der Waals surface area (Å²) in [6, 6.07) is 10.2. The number of nitrogens with one attached hydrogen (secondary N) is 1. The number of rotatable bonds is 6. The summed E-state index contributed by atoms with van der Waals surface area (Å²) >= 11 is 0. The molecule has 2 aromatic rings. The molecule has 2 atom stereocenters. The predicted octanol–water partition coefficient (Wildman–Crippen LogP) is 1.65. The number of nitrogens with zero attached hydrogens (tertiary/aromatic N) is 4. The Hall–Kier alpha value is -2.38. The summed E-state index contributed by atoms with van der Waals surface area (Å²) in [5.74, 6) is 0.975. The molecule has 1 N–H and O–H groups in total. The van der Waals surface area contributed by atoms with Gasteiger partial charge in [0.25, 0.3) is 0 Å². The van der Waals surface area contributed by atoms with Crippen LogP contribution in [0.15, 0.2) is 42.7 Å². The molecule has 1 aromatic carbocycles. The van der Waals surface area contributed by atoms with Crippen LogP contribution in [0.25, 0.3) is 0 Å². The summed E-state index contributed by atoms with van der Waals surface area (Å²) in [5.41, 5.74) is 1.26. The highest BCUT2D eigenvalue weighted by molar-refractivity contribution is 5.81. The summed E-state index contributed by atoms with van der Waals surface area (Å²) < 4.78 is 8.04. The van der Waals surface area contributed by atoms with Gasteiger partial charge < -0.3 is 10.1 Å². The van der Waals surface area contributed by atoms with Crippen molar-refractivity contribution in [1.82, 2.24) is 24.9 Å². The molecule has 0 aliphatic carbocycles. The van der Waals surface area contributed by atoms with Gasteiger partial charge in [0.2, 0.25) is 5.91 Å². The van der Waals surface area contributed by atoms with Gasteiger partial charge in [-0.05, 0) is 38.1 Å². The highest BCUT2D eigenvalue weighted by atomic mass is 16.5. The quantitative estimate of drug-likeness (QED) is 0.803. The number of aromatic nitrogens is 2. The van der Waals surface area contributed by atoms with E-state index in [1.165, 1.54) is 5.56 Å². The van der Waals surface area contributed by atoms with Crippen molar-refractivity contribution in [1.29, 1.82) is 0 Å². The Bertz CT molecular complexity index is 801. The van der Waals surface area contributed by atoms with Gasteiger partial charge in [-0.25, -0.2) is 0 Å². The number of hydrogen-bond donors (Lipinski definition) is 1. The van der Waals surface area contributed by atoms with Crippen LogP contribution in [0, 0.1) is 0 Å². The summed E-state index contributed by atoms with van der Waals surface area (Å²) in [7, 11) is 3.68. The average molecular weight is 398 g/mol. The van der Waals surface area contributed by atoms with Crippen LogP contribution >= 0.6 is 0 Å². The normalized spacial score (nSPS) is 23.9. The van der Waals surface area contributed by atoms with E-state index < -0.39 is 0 Å². The van der Waals surface area contributed by atoms with Crippen LogP contribution in [-0.2, 0) is 18.4 Å². The Morgan fingerprint density at radius 1 is 1.24 bits per heavy atom. The van der Waals surface area contributed by atoms with Gasteiger partial charge >= 0.3 is 0 Å². The minimum Gasteiger partial charge on any atom is -0.489 e. The van der Waals surface area contributed by atoms with Gasteiger partial charge in [0.15, 0.2) is 0 Å². The molecule has 7 nitrogen and oxygen atoms in total. The molecule has 3 heterocycles. The van der Waals surface area contributed by atoms with Crippen molar-refractivity contribution in [3.63, 3.8) is 0 Å². The number of piperidine rings is 1. The molecule has 4 rings (SSSR count). The van der Waals surface area contributed by atoms with Crippen molar-refractivity contribution in [2.45, 2.75) is 44.0 Å². The van der Waals surface area contributed by atoms with Crippen molar-refractivity contribution in [2.75, 3.05) is 26.7 Å². The van der Waals surface area contributed by atoms with Gasteiger partial charge in [0.1, 0.15) is 11.9 Å². The second kappa shape index (κ2) is 8.97. The Kier molecular flexibility index (Phi) is 6.16. The first kappa shape index (κ1) is 19.9. The summed E-state index contributed by atoms with van der Waals surface area (Å²) in [5, 5.41) is 7.11. The molecule has 1 amide bonds. The van der Waals surface area contributed by atoms with E-state index in [1.54, 1.807) is 7.05 Å². The number of benzene rings is 1. The van der Waals surface area contributed by atoms with Gasteiger partial charge in [0.05, 0.1) is 12.2 Å². The average Bonchev–Trinajstić information content (AvgIpc) is 3.35. The molecule has 0 spiro atoms. The van der Waals surface area contributed by atoms with Crippen molar-refractivity contribution < 1.29 is 9.53 Å². The number of hydrogen-bond acceptors (Lipinski definition) is 5. The van der Waals surface area contributed by atoms with Crippen molar-refractivity contribution >= 4 is 5.91 Å². The highest BCUT2D eigenvalue weighted by Gasteiger charge is 2.41. The topological polar surface area (TPSA) is 62.6 Å². The van der Waals surface area contributed by atoms with Crippen LogP contribution in [-0.4, -0.2) is 70.4 Å². The van der Waals surface area contributed by atoms with Gasteiger partial charge in [-0.15, -0.1) is 0 Å². The van der Waals surface area contributed by atoms with E-state index in [2.05, 4.69) is 26.4 Å². The van der Waals surface area contributed by atoms with Crippen LogP contribution in [0.4, 0.5) is 0 Å². The molecule has 156 valence electrons. The Labute approximate surface area is 172 Å². The summed E-state index contributed by atoms with van der Waals surface area (Å²) in [6.07, 6.45) is 6.97. The van der Waals surface area contributed by atoms with E-state index >= 15 is 0 Å². The number of para-hydroxylation sites is 1. The van der Waals surface area contributed by atoms with E-state index in [9.17, 15) is 4.79 Å². The second-order valence-electron chi connectivity index (χ2n) is 8.15. The molecule has 1 aromatic heterocycles. The lowest BCUT2D eigenvalue weighted by Gasteiger charge is -2.38. The number of amides is 1. The largest absolute Gasteiger partial charge is 0.489 e. The molecule has 29 heavy (non-hydrogen) atoms. The second-order valence-corrected chi connectivity index (χ2v) is 8.15. The lowest BCUT2D eigenvalue weighted by Crippen LogP contribution is -2.50. The molecule has 0 radical (unpaired) electrons. The third-order valence-corrected chi connectivity index (χ3v) is 6.09. The van der Waals surface area contributed by atoms with Crippen LogP contribution in [0.5, 0.6) is 5.75 Å². The maximum absolute atomic E-state index is 12.5. The number of likely N-dealkylation sites (tertiary alicyclic amines) is 2. The van der Waals surface area contributed by atoms with Gasteiger partial charge in [-0.1, -0.05) is 18.2 Å². The molecular formula is C22H31N5O2. The molecule has 0 bridgehead atoms. The lowest BCUT2D eigenvalue weighted by atomic mass is 10.0. The summed E-state index contributed by atoms with van der Waals surface area (Å²) in [4.78, 5) is 17.4.